The Morgan fingerprint density at radius 2 is 2.00 bits per heavy atom. The van der Waals surface area contributed by atoms with Crippen molar-refractivity contribution in [3.63, 3.8) is 0 Å². The van der Waals surface area contributed by atoms with Crippen LogP contribution >= 0.6 is 0 Å². The summed E-state index contributed by atoms with van der Waals surface area (Å²) in [5, 5.41) is 22.6. The number of hydrogen-bond acceptors (Lipinski definition) is 6. The van der Waals surface area contributed by atoms with E-state index in [1.165, 1.54) is 32.3 Å². The summed E-state index contributed by atoms with van der Waals surface area (Å²) in [7, 11) is 1.30. The van der Waals surface area contributed by atoms with Gasteiger partial charge in [-0.1, -0.05) is 12.1 Å². The fourth-order valence-electron chi connectivity index (χ4n) is 3.61. The Labute approximate surface area is 174 Å². The standard InChI is InChI=1S/C21H18FN3O6/c1-21(20(29)30)9-25-15-14(16(26)13(19(25)28)18(27)23-2)24-8-11(17(15)31-21)7-10-3-5-12(22)6-4-10/h3-6,8,26H,7,9H2,1-2H3,(H,23,27)(H,29,30)/t21-/m1/s1. The molecule has 0 unspecified atom stereocenters. The molecule has 0 bridgehead atoms. The molecule has 3 N–H and O–H groups in total. The molecule has 1 aliphatic rings. The minimum absolute atomic E-state index is 0.0568. The summed E-state index contributed by atoms with van der Waals surface area (Å²) >= 11 is 0. The van der Waals surface area contributed by atoms with E-state index in [1.807, 2.05) is 0 Å². The second-order valence-corrected chi connectivity index (χ2v) is 7.45. The Kier molecular flexibility index (Phi) is 4.64. The smallest absolute Gasteiger partial charge is 0.349 e. The van der Waals surface area contributed by atoms with Crippen LogP contribution < -0.4 is 15.6 Å². The fraction of sp³-hybridized carbons (Fsp3) is 0.238. The zero-order chi connectivity index (χ0) is 22.5. The maximum Gasteiger partial charge on any atom is 0.349 e. The van der Waals surface area contributed by atoms with Gasteiger partial charge in [0.05, 0.1) is 6.54 Å². The van der Waals surface area contributed by atoms with Crippen molar-refractivity contribution < 1.29 is 28.9 Å². The second kappa shape index (κ2) is 7.08. The Morgan fingerprint density at radius 3 is 2.61 bits per heavy atom. The molecule has 10 heteroatoms. The summed E-state index contributed by atoms with van der Waals surface area (Å²) in [4.78, 5) is 41.4. The third-order valence-electron chi connectivity index (χ3n) is 5.27. The number of carbonyl (C=O) groups is 2. The predicted molar refractivity (Wildman–Crippen MR) is 107 cm³/mol. The van der Waals surface area contributed by atoms with Gasteiger partial charge < -0.3 is 20.3 Å². The van der Waals surface area contributed by atoms with E-state index in [1.54, 1.807) is 12.1 Å². The molecule has 0 aliphatic carbocycles. The van der Waals surface area contributed by atoms with Gasteiger partial charge in [-0.2, -0.15) is 0 Å². The number of benzene rings is 1. The summed E-state index contributed by atoms with van der Waals surface area (Å²) in [5.41, 5.74) is -2.04. The molecule has 4 rings (SSSR count). The van der Waals surface area contributed by atoms with Gasteiger partial charge in [0.15, 0.2) is 11.5 Å². The molecule has 160 valence electrons. The molecule has 3 aromatic rings. The number of ether oxygens (including phenoxy) is 1. The van der Waals surface area contributed by atoms with E-state index in [4.69, 9.17) is 4.74 Å². The van der Waals surface area contributed by atoms with Crippen LogP contribution in [0.3, 0.4) is 0 Å². The number of halogens is 1. The van der Waals surface area contributed by atoms with Crippen molar-refractivity contribution >= 4 is 22.9 Å². The highest BCUT2D eigenvalue weighted by Crippen LogP contribution is 2.40. The average molecular weight is 427 g/mol. The van der Waals surface area contributed by atoms with Crippen LogP contribution in [0, 0.1) is 5.82 Å². The molecule has 9 nitrogen and oxygen atoms in total. The number of rotatable bonds is 4. The van der Waals surface area contributed by atoms with Crippen LogP contribution in [-0.2, 0) is 17.8 Å². The molecule has 0 saturated carbocycles. The summed E-state index contributed by atoms with van der Waals surface area (Å²) in [6.45, 7) is 0.918. The number of pyridine rings is 2. The number of nitrogens with one attached hydrogen (secondary N) is 1. The highest BCUT2D eigenvalue weighted by atomic mass is 19.1. The van der Waals surface area contributed by atoms with E-state index in [0.717, 1.165) is 4.57 Å². The number of amides is 1. The van der Waals surface area contributed by atoms with Crippen LogP contribution in [0.1, 0.15) is 28.4 Å². The minimum atomic E-state index is -1.81. The lowest BCUT2D eigenvalue weighted by molar-refractivity contribution is -0.155. The van der Waals surface area contributed by atoms with Crippen molar-refractivity contribution in [1.82, 2.24) is 14.9 Å². The van der Waals surface area contributed by atoms with Gasteiger partial charge in [-0.15, -0.1) is 0 Å². The van der Waals surface area contributed by atoms with Gasteiger partial charge >= 0.3 is 5.97 Å². The molecule has 31 heavy (non-hydrogen) atoms. The van der Waals surface area contributed by atoms with E-state index in [2.05, 4.69) is 10.3 Å². The molecule has 1 aromatic carbocycles. The topological polar surface area (TPSA) is 131 Å². The van der Waals surface area contributed by atoms with Crippen molar-refractivity contribution in [2.24, 2.45) is 0 Å². The van der Waals surface area contributed by atoms with Gasteiger partial charge in [-0.3, -0.25) is 19.1 Å². The third kappa shape index (κ3) is 3.16. The molecule has 0 fully saturated rings. The van der Waals surface area contributed by atoms with Gasteiger partial charge in [0.1, 0.15) is 22.4 Å². The van der Waals surface area contributed by atoms with Gasteiger partial charge in [0, 0.05) is 25.2 Å². The fourth-order valence-corrected chi connectivity index (χ4v) is 3.61. The molecular weight excluding hydrogens is 409 g/mol. The monoisotopic (exact) mass is 427 g/mol. The highest BCUT2D eigenvalue weighted by molar-refractivity contribution is 6.02. The molecule has 0 saturated heterocycles. The zero-order valence-corrected chi connectivity index (χ0v) is 16.6. The predicted octanol–water partition coefficient (Wildman–Crippen LogP) is 1.43. The number of nitrogens with zero attached hydrogens (tertiary/aromatic N) is 2. The van der Waals surface area contributed by atoms with Crippen LogP contribution in [0.25, 0.3) is 11.0 Å². The van der Waals surface area contributed by atoms with Crippen molar-refractivity contribution in [1.29, 1.82) is 0 Å². The summed E-state index contributed by atoms with van der Waals surface area (Å²) < 4.78 is 20.2. The van der Waals surface area contributed by atoms with Gasteiger partial charge in [-0.05, 0) is 24.6 Å². The highest BCUT2D eigenvalue weighted by Gasteiger charge is 2.43. The molecule has 0 spiro atoms. The first-order chi connectivity index (χ1) is 14.7. The van der Waals surface area contributed by atoms with Gasteiger partial charge in [-0.25, -0.2) is 9.18 Å². The minimum Gasteiger partial charge on any atom is -0.505 e. The number of aliphatic carboxylic acids is 1. The Hall–Kier alpha value is -3.95. The summed E-state index contributed by atoms with van der Waals surface area (Å²) in [6, 6.07) is 5.69. The molecule has 2 aromatic heterocycles. The number of carboxylic acid groups (broad SMARTS) is 1. The first-order valence-electron chi connectivity index (χ1n) is 9.32. The van der Waals surface area contributed by atoms with Crippen LogP contribution in [0.5, 0.6) is 11.5 Å². The van der Waals surface area contributed by atoms with Gasteiger partial charge in [0.2, 0.25) is 5.60 Å². The molecule has 3 heterocycles. The van der Waals surface area contributed by atoms with E-state index < -0.39 is 46.7 Å². The maximum absolute atomic E-state index is 13.3. The molecule has 1 aliphatic heterocycles. The molecule has 1 atom stereocenters. The third-order valence-corrected chi connectivity index (χ3v) is 5.27. The Bertz CT molecular complexity index is 1300. The summed E-state index contributed by atoms with van der Waals surface area (Å²) in [5.74, 6) is -3.10. The second-order valence-electron chi connectivity index (χ2n) is 7.45. The molecule has 1 amide bonds. The normalized spacial score (nSPS) is 17.3. The average Bonchev–Trinajstić information content (AvgIpc) is 2.74. The van der Waals surface area contributed by atoms with E-state index in [0.29, 0.717) is 11.1 Å². The van der Waals surface area contributed by atoms with Crippen LogP contribution in [0.4, 0.5) is 4.39 Å². The quantitative estimate of drug-likeness (QED) is 0.574. The first kappa shape index (κ1) is 20.3. The van der Waals surface area contributed by atoms with E-state index in [9.17, 15) is 29.0 Å². The number of aromatic hydroxyl groups is 1. The Balaban J connectivity index is 2.02. The van der Waals surface area contributed by atoms with Gasteiger partial charge in [0.25, 0.3) is 11.5 Å². The van der Waals surface area contributed by atoms with E-state index in [-0.39, 0.29) is 23.2 Å². The van der Waals surface area contributed by atoms with Crippen LogP contribution in [0.15, 0.2) is 35.3 Å². The maximum atomic E-state index is 13.3. The van der Waals surface area contributed by atoms with Crippen molar-refractivity contribution in [2.75, 3.05) is 7.05 Å². The van der Waals surface area contributed by atoms with Crippen molar-refractivity contribution in [3.05, 3.63) is 63.3 Å². The van der Waals surface area contributed by atoms with Crippen LogP contribution in [0.2, 0.25) is 0 Å². The lowest BCUT2D eigenvalue weighted by atomic mass is 9.99. The lowest BCUT2D eigenvalue weighted by Crippen LogP contribution is -2.50. The van der Waals surface area contributed by atoms with Crippen molar-refractivity contribution in [3.8, 4) is 11.5 Å². The SMILES string of the molecule is CNC(=O)c1c(O)c2ncc(Cc3ccc(F)cc3)c3c2n(c1=O)C[C@](C)(C(=O)O)O3. The van der Waals surface area contributed by atoms with E-state index >= 15 is 0 Å². The number of aromatic nitrogens is 2. The molecular formula is C21H18FN3O6. The Morgan fingerprint density at radius 1 is 1.32 bits per heavy atom. The number of carboxylic acids is 1. The lowest BCUT2D eigenvalue weighted by Gasteiger charge is -2.34. The van der Waals surface area contributed by atoms with Crippen molar-refractivity contribution in [2.45, 2.75) is 25.5 Å². The number of hydrogen-bond donors (Lipinski definition) is 3. The van der Waals surface area contributed by atoms with Crippen LogP contribution in [-0.4, -0.2) is 44.3 Å². The number of carbonyl (C=O) groups excluding carboxylic acids is 1. The largest absolute Gasteiger partial charge is 0.505 e. The first-order valence-corrected chi connectivity index (χ1v) is 9.32. The molecule has 0 radical (unpaired) electrons. The summed E-state index contributed by atoms with van der Waals surface area (Å²) in [6.07, 6.45) is 1.58. The zero-order valence-electron chi connectivity index (χ0n) is 16.6.